The average molecular weight is 331 g/mol. The molecule has 0 saturated heterocycles. The van der Waals surface area contributed by atoms with Gasteiger partial charge in [0.1, 0.15) is 12.4 Å². The molecule has 24 heavy (non-hydrogen) atoms. The van der Waals surface area contributed by atoms with E-state index < -0.39 is 0 Å². The van der Waals surface area contributed by atoms with E-state index in [9.17, 15) is 4.39 Å². The molecule has 130 valence electrons. The van der Waals surface area contributed by atoms with Crippen molar-refractivity contribution in [3.05, 3.63) is 47.4 Å². The van der Waals surface area contributed by atoms with Gasteiger partial charge in [-0.15, -0.1) is 0 Å². The monoisotopic (exact) mass is 331 g/mol. The molecular weight excluding hydrogens is 305 g/mol. The minimum atomic E-state index is -0.234. The van der Waals surface area contributed by atoms with Crippen LogP contribution in [0.15, 0.2) is 30.3 Å². The smallest absolute Gasteiger partial charge is 0.212 e. The van der Waals surface area contributed by atoms with Crippen LogP contribution < -0.4 is 10.1 Å². The maximum atomic E-state index is 13.3. The highest BCUT2D eigenvalue weighted by molar-refractivity contribution is 5.19. The molecule has 1 heterocycles. The van der Waals surface area contributed by atoms with Crippen molar-refractivity contribution in [3.63, 3.8) is 0 Å². The maximum absolute atomic E-state index is 13.3. The largest absolute Gasteiger partial charge is 0.473 e. The summed E-state index contributed by atoms with van der Waals surface area (Å²) in [6.45, 7) is 1.98. The molecular formula is C19H26FN3O. The van der Waals surface area contributed by atoms with Gasteiger partial charge in [-0.1, -0.05) is 31.4 Å². The van der Waals surface area contributed by atoms with Crippen LogP contribution in [0.1, 0.15) is 43.4 Å². The lowest BCUT2D eigenvalue weighted by atomic mass is 9.89. The lowest BCUT2D eigenvalue weighted by Crippen LogP contribution is -2.16. The minimum absolute atomic E-state index is 0.234. The normalized spacial score (nSPS) is 15.6. The number of hydrogen-bond donors (Lipinski definition) is 1. The molecule has 1 saturated carbocycles. The summed E-state index contributed by atoms with van der Waals surface area (Å²) in [6.07, 6.45) is 6.52. The lowest BCUT2D eigenvalue weighted by Gasteiger charge is -2.22. The number of nitrogens with zero attached hydrogens (tertiary/aromatic N) is 2. The molecule has 0 aliphatic heterocycles. The van der Waals surface area contributed by atoms with Crippen molar-refractivity contribution < 1.29 is 9.13 Å². The highest BCUT2D eigenvalue weighted by atomic mass is 19.1. The first-order chi connectivity index (χ1) is 11.7. The molecule has 0 atom stereocenters. The Morgan fingerprint density at radius 2 is 2.08 bits per heavy atom. The highest BCUT2D eigenvalue weighted by Crippen LogP contribution is 2.27. The quantitative estimate of drug-likeness (QED) is 0.836. The molecule has 1 fully saturated rings. The van der Waals surface area contributed by atoms with Crippen molar-refractivity contribution in [2.45, 2.75) is 51.8 Å². The molecule has 0 unspecified atom stereocenters. The Hall–Kier alpha value is -1.88. The maximum Gasteiger partial charge on any atom is 0.212 e. The number of rotatable bonds is 7. The Morgan fingerprint density at radius 1 is 1.25 bits per heavy atom. The van der Waals surface area contributed by atoms with E-state index in [1.165, 1.54) is 44.2 Å². The highest BCUT2D eigenvalue weighted by Gasteiger charge is 2.17. The molecule has 2 aromatic rings. The van der Waals surface area contributed by atoms with Crippen LogP contribution >= 0.6 is 0 Å². The number of aromatic nitrogens is 2. The zero-order valence-corrected chi connectivity index (χ0v) is 14.3. The molecule has 4 nitrogen and oxygen atoms in total. The van der Waals surface area contributed by atoms with E-state index in [1.54, 1.807) is 6.07 Å². The van der Waals surface area contributed by atoms with Gasteiger partial charge in [-0.3, -0.25) is 0 Å². The predicted molar refractivity (Wildman–Crippen MR) is 92.3 cm³/mol. The van der Waals surface area contributed by atoms with Crippen LogP contribution in [0.2, 0.25) is 0 Å². The fraction of sp³-hybridized carbons (Fsp3) is 0.526. The van der Waals surface area contributed by atoms with E-state index >= 15 is 0 Å². The van der Waals surface area contributed by atoms with Gasteiger partial charge < -0.3 is 10.1 Å². The van der Waals surface area contributed by atoms with E-state index in [0.717, 1.165) is 23.7 Å². The summed E-state index contributed by atoms with van der Waals surface area (Å²) in [6, 6.07) is 8.52. The van der Waals surface area contributed by atoms with E-state index in [2.05, 4.69) is 10.4 Å². The SMILES string of the molecule is CNCc1cc(OCc2cccc(F)c2)n(CC2CCCCC2)n1. The van der Waals surface area contributed by atoms with Gasteiger partial charge in [-0.05, 0) is 43.5 Å². The third-order valence-electron chi connectivity index (χ3n) is 4.58. The lowest BCUT2D eigenvalue weighted by molar-refractivity contribution is 0.245. The zero-order valence-electron chi connectivity index (χ0n) is 14.3. The first-order valence-electron chi connectivity index (χ1n) is 8.83. The van der Waals surface area contributed by atoms with Crippen molar-refractivity contribution in [1.29, 1.82) is 0 Å². The van der Waals surface area contributed by atoms with E-state index in [1.807, 2.05) is 23.9 Å². The van der Waals surface area contributed by atoms with Gasteiger partial charge in [0.25, 0.3) is 0 Å². The van der Waals surface area contributed by atoms with Crippen LogP contribution in [0.3, 0.4) is 0 Å². The molecule has 0 bridgehead atoms. The number of halogens is 1. The van der Waals surface area contributed by atoms with Crippen molar-refractivity contribution >= 4 is 0 Å². The summed E-state index contributed by atoms with van der Waals surface area (Å²) in [7, 11) is 1.91. The summed E-state index contributed by atoms with van der Waals surface area (Å²) in [5.41, 5.74) is 1.80. The van der Waals surface area contributed by atoms with Gasteiger partial charge in [0.2, 0.25) is 5.88 Å². The summed E-state index contributed by atoms with van der Waals surface area (Å²) < 4.78 is 21.2. The Balaban J connectivity index is 1.69. The summed E-state index contributed by atoms with van der Waals surface area (Å²) in [5.74, 6) is 1.22. The molecule has 5 heteroatoms. The van der Waals surface area contributed by atoms with Gasteiger partial charge in [-0.2, -0.15) is 5.10 Å². The van der Waals surface area contributed by atoms with Crippen molar-refractivity contribution in [3.8, 4) is 5.88 Å². The standard InChI is InChI=1S/C19H26FN3O/c1-21-12-18-11-19(24-14-16-8-5-9-17(20)10-16)23(22-18)13-15-6-3-2-4-7-15/h5,8-11,15,21H,2-4,6-7,12-14H2,1H3. The number of ether oxygens (including phenoxy) is 1. The van der Waals surface area contributed by atoms with Crippen LogP contribution in [-0.2, 0) is 19.7 Å². The van der Waals surface area contributed by atoms with Crippen LogP contribution in [0.5, 0.6) is 5.88 Å². The predicted octanol–water partition coefficient (Wildman–Crippen LogP) is 3.90. The van der Waals surface area contributed by atoms with Crippen molar-refractivity contribution in [2.24, 2.45) is 5.92 Å². The van der Waals surface area contributed by atoms with Crippen molar-refractivity contribution in [2.75, 3.05) is 7.05 Å². The Kier molecular flexibility index (Phi) is 5.86. The Labute approximate surface area is 143 Å². The molecule has 1 aromatic carbocycles. The van der Waals surface area contributed by atoms with Gasteiger partial charge in [0, 0.05) is 19.2 Å². The number of benzene rings is 1. The first-order valence-corrected chi connectivity index (χ1v) is 8.83. The second-order valence-corrected chi connectivity index (χ2v) is 6.61. The zero-order chi connectivity index (χ0) is 16.8. The molecule has 1 aromatic heterocycles. The van der Waals surface area contributed by atoms with Crippen LogP contribution in [0.4, 0.5) is 4.39 Å². The van der Waals surface area contributed by atoms with Gasteiger partial charge in [0.15, 0.2) is 0 Å². The van der Waals surface area contributed by atoms with Crippen LogP contribution in [0.25, 0.3) is 0 Å². The van der Waals surface area contributed by atoms with Crippen LogP contribution in [-0.4, -0.2) is 16.8 Å². The second-order valence-electron chi connectivity index (χ2n) is 6.61. The topological polar surface area (TPSA) is 39.1 Å². The molecule has 0 radical (unpaired) electrons. The number of hydrogen-bond acceptors (Lipinski definition) is 3. The molecule has 3 rings (SSSR count). The third kappa shape index (κ3) is 4.57. The summed E-state index contributed by atoms with van der Waals surface area (Å²) in [5, 5.41) is 7.81. The molecule has 1 aliphatic carbocycles. The Morgan fingerprint density at radius 3 is 2.83 bits per heavy atom. The van der Waals surface area contributed by atoms with Gasteiger partial charge in [0.05, 0.1) is 5.69 Å². The first kappa shape index (κ1) is 17.0. The Bertz CT molecular complexity index is 650. The van der Waals surface area contributed by atoms with E-state index in [0.29, 0.717) is 19.1 Å². The minimum Gasteiger partial charge on any atom is -0.473 e. The number of nitrogens with one attached hydrogen (secondary N) is 1. The van der Waals surface area contributed by atoms with E-state index in [4.69, 9.17) is 4.74 Å². The summed E-state index contributed by atoms with van der Waals surface area (Å²) in [4.78, 5) is 0. The molecule has 0 amide bonds. The molecule has 0 spiro atoms. The van der Waals surface area contributed by atoms with Gasteiger partial charge in [-0.25, -0.2) is 9.07 Å². The van der Waals surface area contributed by atoms with Crippen LogP contribution in [0, 0.1) is 11.7 Å². The fourth-order valence-corrected chi connectivity index (χ4v) is 3.36. The molecule has 1 aliphatic rings. The van der Waals surface area contributed by atoms with Gasteiger partial charge >= 0.3 is 0 Å². The fourth-order valence-electron chi connectivity index (χ4n) is 3.36. The van der Waals surface area contributed by atoms with E-state index in [-0.39, 0.29) is 5.82 Å². The average Bonchev–Trinajstić information content (AvgIpc) is 2.96. The summed E-state index contributed by atoms with van der Waals surface area (Å²) >= 11 is 0. The third-order valence-corrected chi connectivity index (χ3v) is 4.58. The molecule has 1 N–H and O–H groups in total. The second kappa shape index (κ2) is 8.29. The van der Waals surface area contributed by atoms with Crippen molar-refractivity contribution in [1.82, 2.24) is 15.1 Å².